The van der Waals surface area contributed by atoms with Gasteiger partial charge < -0.3 is 10.5 Å². The van der Waals surface area contributed by atoms with Gasteiger partial charge in [0.2, 0.25) is 0 Å². The van der Waals surface area contributed by atoms with Crippen LogP contribution in [0.25, 0.3) is 0 Å². The lowest BCUT2D eigenvalue weighted by Gasteiger charge is -2.09. The largest absolute Gasteiger partial charge is 0.488 e. The predicted molar refractivity (Wildman–Crippen MR) is 81.0 cm³/mol. The van der Waals surface area contributed by atoms with E-state index in [1.165, 1.54) is 24.3 Å². The lowest BCUT2D eigenvalue weighted by molar-refractivity contribution is -0.383. The predicted octanol–water partition coefficient (Wildman–Crippen LogP) is 4.31. The van der Waals surface area contributed by atoms with Crippen LogP contribution in [0.15, 0.2) is 34.8 Å². The third-order valence-electron chi connectivity index (χ3n) is 2.66. The number of rotatable bonds is 4. The van der Waals surface area contributed by atoms with Crippen molar-refractivity contribution in [1.29, 1.82) is 0 Å². The highest BCUT2D eigenvalue weighted by Gasteiger charge is 2.12. The Bertz CT molecular complexity index is 712. The van der Waals surface area contributed by atoms with Crippen LogP contribution in [0.4, 0.5) is 15.8 Å². The summed E-state index contributed by atoms with van der Waals surface area (Å²) >= 11 is 8.84. The van der Waals surface area contributed by atoms with Gasteiger partial charge in [-0.2, -0.15) is 0 Å². The molecule has 2 aromatic rings. The molecule has 0 atom stereocenters. The smallest absolute Gasteiger partial charge is 0.292 e. The summed E-state index contributed by atoms with van der Waals surface area (Å²) in [6.45, 7) is 0.0852. The molecule has 0 amide bonds. The van der Waals surface area contributed by atoms with Crippen LogP contribution < -0.4 is 10.5 Å². The van der Waals surface area contributed by atoms with Crippen molar-refractivity contribution in [2.24, 2.45) is 0 Å². The third-order valence-corrected chi connectivity index (χ3v) is 3.57. The highest BCUT2D eigenvalue weighted by atomic mass is 79.9. The molecular formula is C13H9BrClFN2O3. The zero-order valence-electron chi connectivity index (χ0n) is 10.5. The molecule has 0 aliphatic carbocycles. The van der Waals surface area contributed by atoms with Gasteiger partial charge in [0.05, 0.1) is 14.4 Å². The van der Waals surface area contributed by atoms with E-state index >= 15 is 0 Å². The molecule has 0 aliphatic rings. The molecule has 5 nitrogen and oxygen atoms in total. The summed E-state index contributed by atoms with van der Waals surface area (Å²) in [5.74, 6) is -0.327. The summed E-state index contributed by atoms with van der Waals surface area (Å²) in [6.07, 6.45) is 0. The van der Waals surface area contributed by atoms with E-state index in [2.05, 4.69) is 15.9 Å². The van der Waals surface area contributed by atoms with Crippen molar-refractivity contribution in [3.05, 3.63) is 61.3 Å². The first-order chi connectivity index (χ1) is 9.88. The van der Waals surface area contributed by atoms with Gasteiger partial charge >= 0.3 is 0 Å². The normalized spacial score (nSPS) is 10.4. The zero-order chi connectivity index (χ0) is 15.6. The molecule has 0 bridgehead atoms. The van der Waals surface area contributed by atoms with Crippen LogP contribution in [-0.2, 0) is 6.61 Å². The molecule has 0 radical (unpaired) electrons. The van der Waals surface area contributed by atoms with Crippen molar-refractivity contribution in [2.75, 3.05) is 5.73 Å². The quantitative estimate of drug-likeness (QED) is 0.374. The van der Waals surface area contributed by atoms with E-state index in [4.69, 9.17) is 22.1 Å². The van der Waals surface area contributed by atoms with Crippen LogP contribution in [0.2, 0.25) is 5.02 Å². The molecule has 110 valence electrons. The zero-order valence-corrected chi connectivity index (χ0v) is 12.8. The average Bonchev–Trinajstić information content (AvgIpc) is 2.41. The SMILES string of the molecule is Nc1cc(COc2cc(F)c(Cl)cc2Br)ccc1[N+](=O)[O-]. The fraction of sp³-hybridized carbons (Fsp3) is 0.0769. The molecule has 0 heterocycles. The van der Waals surface area contributed by atoms with Crippen LogP contribution in [-0.4, -0.2) is 4.92 Å². The molecule has 2 rings (SSSR count). The standard InChI is InChI=1S/C13H9BrClFN2O3/c14-8-4-9(15)10(16)5-13(8)21-6-7-1-2-12(18(19)20)11(17)3-7/h1-5H,6,17H2. The Balaban J connectivity index is 2.15. The first-order valence-corrected chi connectivity index (χ1v) is 6.85. The molecular weight excluding hydrogens is 367 g/mol. The minimum absolute atomic E-state index is 0.0196. The van der Waals surface area contributed by atoms with Gasteiger partial charge in [0.15, 0.2) is 0 Å². The van der Waals surface area contributed by atoms with Crippen LogP contribution in [0.3, 0.4) is 0 Å². The number of nitrogens with zero attached hydrogens (tertiary/aromatic N) is 1. The fourth-order valence-electron chi connectivity index (χ4n) is 1.64. The second-order valence-electron chi connectivity index (χ2n) is 4.14. The molecule has 0 saturated heterocycles. The molecule has 0 spiro atoms. The van der Waals surface area contributed by atoms with Crippen molar-refractivity contribution in [2.45, 2.75) is 6.61 Å². The van der Waals surface area contributed by atoms with E-state index < -0.39 is 10.7 Å². The highest BCUT2D eigenvalue weighted by Crippen LogP contribution is 2.31. The molecule has 0 unspecified atom stereocenters. The molecule has 0 aliphatic heterocycles. The minimum Gasteiger partial charge on any atom is -0.488 e. The van der Waals surface area contributed by atoms with E-state index in [0.29, 0.717) is 10.0 Å². The van der Waals surface area contributed by atoms with Gasteiger partial charge in [-0.1, -0.05) is 11.6 Å². The van der Waals surface area contributed by atoms with Gasteiger partial charge in [-0.05, 0) is 39.7 Å². The van der Waals surface area contributed by atoms with E-state index in [0.717, 1.165) is 6.07 Å². The van der Waals surface area contributed by atoms with Gasteiger partial charge in [0, 0.05) is 12.1 Å². The average molecular weight is 376 g/mol. The van der Waals surface area contributed by atoms with Gasteiger partial charge in [-0.3, -0.25) is 10.1 Å². The van der Waals surface area contributed by atoms with Gasteiger partial charge in [0.1, 0.15) is 23.9 Å². The van der Waals surface area contributed by atoms with Crippen molar-refractivity contribution >= 4 is 38.9 Å². The second kappa shape index (κ2) is 6.28. The van der Waals surface area contributed by atoms with E-state index in [-0.39, 0.29) is 28.8 Å². The summed E-state index contributed by atoms with van der Waals surface area (Å²) in [5, 5.41) is 10.6. The number of benzene rings is 2. The Kier molecular flexibility index (Phi) is 4.64. The summed E-state index contributed by atoms with van der Waals surface area (Å²) in [7, 11) is 0. The van der Waals surface area contributed by atoms with Crippen molar-refractivity contribution in [3.63, 3.8) is 0 Å². The fourth-order valence-corrected chi connectivity index (χ4v) is 2.39. The third kappa shape index (κ3) is 3.62. The van der Waals surface area contributed by atoms with Crippen LogP contribution >= 0.6 is 27.5 Å². The van der Waals surface area contributed by atoms with Crippen LogP contribution in [0.5, 0.6) is 5.75 Å². The monoisotopic (exact) mass is 374 g/mol. The number of nitro groups is 1. The first-order valence-electron chi connectivity index (χ1n) is 5.68. The molecule has 0 fully saturated rings. The molecule has 8 heteroatoms. The van der Waals surface area contributed by atoms with Crippen molar-refractivity contribution in [3.8, 4) is 5.75 Å². The summed E-state index contributed by atoms with van der Waals surface area (Å²) in [5.41, 5.74) is 6.08. The number of anilines is 1. The van der Waals surface area contributed by atoms with E-state index in [1.54, 1.807) is 0 Å². The number of nitro benzene ring substituents is 1. The first kappa shape index (κ1) is 15.5. The highest BCUT2D eigenvalue weighted by molar-refractivity contribution is 9.10. The van der Waals surface area contributed by atoms with Gasteiger partial charge in [-0.15, -0.1) is 0 Å². The maximum Gasteiger partial charge on any atom is 0.292 e. The maximum atomic E-state index is 13.4. The number of hydrogen-bond acceptors (Lipinski definition) is 4. The minimum atomic E-state index is -0.599. The number of ether oxygens (including phenoxy) is 1. The molecule has 21 heavy (non-hydrogen) atoms. The Morgan fingerprint density at radius 1 is 1.38 bits per heavy atom. The Labute approximate surface area is 132 Å². The van der Waals surface area contributed by atoms with E-state index in [9.17, 15) is 14.5 Å². The Morgan fingerprint density at radius 2 is 2.10 bits per heavy atom. The lowest BCUT2D eigenvalue weighted by atomic mass is 10.2. The Hall–Kier alpha value is -1.86. The number of nitrogen functional groups attached to an aromatic ring is 1. The van der Waals surface area contributed by atoms with Crippen molar-refractivity contribution < 1.29 is 14.1 Å². The van der Waals surface area contributed by atoms with Crippen LogP contribution in [0.1, 0.15) is 5.56 Å². The van der Waals surface area contributed by atoms with Crippen LogP contribution in [0, 0.1) is 15.9 Å². The number of nitrogens with two attached hydrogens (primary N) is 1. The summed E-state index contributed by atoms with van der Waals surface area (Å²) in [4.78, 5) is 10.1. The molecule has 2 N–H and O–H groups in total. The molecule has 2 aromatic carbocycles. The number of halogens is 3. The second-order valence-corrected chi connectivity index (χ2v) is 5.40. The Morgan fingerprint density at radius 3 is 2.71 bits per heavy atom. The van der Waals surface area contributed by atoms with E-state index in [1.807, 2.05) is 0 Å². The van der Waals surface area contributed by atoms with Gasteiger partial charge in [0.25, 0.3) is 5.69 Å². The summed E-state index contributed by atoms with van der Waals surface area (Å²) in [6, 6.07) is 6.80. The number of hydrogen-bond donors (Lipinski definition) is 1. The lowest BCUT2D eigenvalue weighted by Crippen LogP contribution is -2.00. The topological polar surface area (TPSA) is 78.4 Å². The maximum absolute atomic E-state index is 13.4. The van der Waals surface area contributed by atoms with Crippen molar-refractivity contribution in [1.82, 2.24) is 0 Å². The molecule has 0 aromatic heterocycles. The van der Waals surface area contributed by atoms with Gasteiger partial charge in [-0.25, -0.2) is 4.39 Å². The summed E-state index contributed by atoms with van der Waals surface area (Å²) < 4.78 is 19.3. The molecule has 0 saturated carbocycles.